The van der Waals surface area contributed by atoms with Crippen LogP contribution in [0.3, 0.4) is 0 Å². The molecule has 0 spiro atoms. The molecule has 0 aliphatic carbocycles. The number of hydrogen-bond acceptors (Lipinski definition) is 5. The first-order valence-corrected chi connectivity index (χ1v) is 5.77. The molecule has 6 heteroatoms. The Balaban J connectivity index is 4.06. The third kappa shape index (κ3) is 7.78. The van der Waals surface area contributed by atoms with Gasteiger partial charge >= 0.3 is 11.9 Å². The van der Waals surface area contributed by atoms with E-state index in [2.05, 4.69) is 0 Å². The Morgan fingerprint density at radius 2 is 1.83 bits per heavy atom. The van der Waals surface area contributed by atoms with Crippen molar-refractivity contribution in [1.82, 2.24) is 0 Å². The van der Waals surface area contributed by atoms with Gasteiger partial charge in [-0.15, -0.1) is 0 Å². The highest BCUT2D eigenvalue weighted by Crippen LogP contribution is 2.14. The van der Waals surface area contributed by atoms with E-state index < -0.39 is 18.0 Å². The maximum atomic E-state index is 11.3. The fraction of sp³-hybridized carbons (Fsp3) is 0.750. The Bertz CT molecular complexity index is 283. The van der Waals surface area contributed by atoms with Crippen LogP contribution < -0.4 is 0 Å². The predicted molar refractivity (Wildman–Crippen MR) is 63.1 cm³/mol. The van der Waals surface area contributed by atoms with Crippen LogP contribution in [0.15, 0.2) is 0 Å². The molecule has 0 aliphatic heterocycles. The minimum atomic E-state index is -0.960. The molecule has 1 N–H and O–H groups in total. The van der Waals surface area contributed by atoms with Crippen LogP contribution in [0.5, 0.6) is 0 Å². The number of ether oxygens (including phenoxy) is 2. The van der Waals surface area contributed by atoms with E-state index in [0.717, 1.165) is 0 Å². The van der Waals surface area contributed by atoms with Crippen LogP contribution in [0.2, 0.25) is 0 Å². The Hall–Kier alpha value is -1.43. The molecule has 0 amide bonds. The number of ketones is 1. The molecule has 104 valence electrons. The Kier molecular flexibility index (Phi) is 7.94. The SMILES string of the molecule is COC(C)C(=O)OCCC(CC(C)=O)CC(=O)O. The molecule has 0 saturated carbocycles. The summed E-state index contributed by atoms with van der Waals surface area (Å²) in [6.45, 7) is 3.07. The highest BCUT2D eigenvalue weighted by atomic mass is 16.6. The van der Waals surface area contributed by atoms with Gasteiger partial charge in [0.2, 0.25) is 0 Å². The van der Waals surface area contributed by atoms with Crippen molar-refractivity contribution in [2.75, 3.05) is 13.7 Å². The first-order chi connectivity index (χ1) is 8.36. The van der Waals surface area contributed by atoms with Gasteiger partial charge in [0, 0.05) is 20.0 Å². The second-order valence-electron chi connectivity index (χ2n) is 4.20. The number of methoxy groups -OCH3 is 1. The Morgan fingerprint density at radius 3 is 2.28 bits per heavy atom. The average molecular weight is 260 g/mol. The van der Waals surface area contributed by atoms with Crippen molar-refractivity contribution in [1.29, 1.82) is 0 Å². The van der Waals surface area contributed by atoms with Gasteiger partial charge in [0.05, 0.1) is 6.61 Å². The number of carboxylic acid groups (broad SMARTS) is 1. The lowest BCUT2D eigenvalue weighted by Gasteiger charge is -2.14. The monoisotopic (exact) mass is 260 g/mol. The minimum Gasteiger partial charge on any atom is -0.481 e. The van der Waals surface area contributed by atoms with Crippen molar-refractivity contribution >= 4 is 17.7 Å². The van der Waals surface area contributed by atoms with Gasteiger partial charge in [-0.2, -0.15) is 0 Å². The summed E-state index contributed by atoms with van der Waals surface area (Å²) in [6, 6.07) is 0. The van der Waals surface area contributed by atoms with Gasteiger partial charge in [0.25, 0.3) is 0 Å². The summed E-state index contributed by atoms with van der Waals surface area (Å²) in [5.41, 5.74) is 0. The van der Waals surface area contributed by atoms with E-state index >= 15 is 0 Å². The standard InChI is InChI=1S/C12H20O6/c1-8(13)6-10(7-11(14)15)4-5-18-12(16)9(2)17-3/h9-10H,4-7H2,1-3H3,(H,14,15). The molecule has 0 heterocycles. The van der Waals surface area contributed by atoms with Crippen LogP contribution >= 0.6 is 0 Å². The molecule has 2 unspecified atom stereocenters. The first-order valence-electron chi connectivity index (χ1n) is 5.77. The van der Waals surface area contributed by atoms with Gasteiger partial charge in [0.1, 0.15) is 5.78 Å². The fourth-order valence-corrected chi connectivity index (χ4v) is 1.47. The molecule has 0 rings (SSSR count). The second kappa shape index (κ2) is 8.63. The summed E-state index contributed by atoms with van der Waals surface area (Å²) in [6.07, 6.45) is -0.204. The van der Waals surface area contributed by atoms with Crippen LogP contribution in [0.1, 0.15) is 33.1 Å². The molecule has 0 aromatic carbocycles. The summed E-state index contributed by atoms with van der Waals surface area (Å²) >= 11 is 0. The van der Waals surface area contributed by atoms with E-state index in [1.54, 1.807) is 6.92 Å². The molecule has 0 bridgehead atoms. The summed E-state index contributed by atoms with van der Waals surface area (Å²) in [5.74, 6) is -1.82. The normalized spacial score (nSPS) is 13.7. The number of hydrogen-bond donors (Lipinski definition) is 1. The van der Waals surface area contributed by atoms with Crippen molar-refractivity contribution in [3.63, 3.8) is 0 Å². The van der Waals surface area contributed by atoms with E-state index in [0.29, 0.717) is 6.42 Å². The molecule has 2 atom stereocenters. The quantitative estimate of drug-likeness (QED) is 0.622. The molecule has 0 fully saturated rings. The molecule has 0 radical (unpaired) electrons. The summed E-state index contributed by atoms with van der Waals surface area (Å²) < 4.78 is 9.70. The van der Waals surface area contributed by atoms with Crippen molar-refractivity contribution < 1.29 is 29.0 Å². The van der Waals surface area contributed by atoms with E-state index in [1.807, 2.05) is 0 Å². The topological polar surface area (TPSA) is 89.9 Å². The van der Waals surface area contributed by atoms with Crippen LogP contribution in [-0.2, 0) is 23.9 Å². The molecule has 0 saturated heterocycles. The largest absolute Gasteiger partial charge is 0.481 e. The van der Waals surface area contributed by atoms with Crippen LogP contribution in [0.4, 0.5) is 0 Å². The van der Waals surface area contributed by atoms with E-state index in [-0.39, 0.29) is 31.1 Å². The zero-order valence-electron chi connectivity index (χ0n) is 11.0. The summed E-state index contributed by atoms with van der Waals surface area (Å²) in [7, 11) is 1.40. The Morgan fingerprint density at radius 1 is 1.22 bits per heavy atom. The van der Waals surface area contributed by atoms with E-state index in [4.69, 9.17) is 14.6 Å². The number of carbonyl (C=O) groups is 3. The third-order valence-electron chi connectivity index (χ3n) is 2.50. The number of Topliss-reactive ketones (excluding diaryl/α,β-unsaturated/α-hetero) is 1. The van der Waals surface area contributed by atoms with Crippen LogP contribution in [-0.4, -0.2) is 42.6 Å². The lowest BCUT2D eigenvalue weighted by Crippen LogP contribution is -2.23. The molecule has 0 aromatic rings. The maximum Gasteiger partial charge on any atom is 0.334 e. The van der Waals surface area contributed by atoms with Crippen molar-refractivity contribution in [3.05, 3.63) is 0 Å². The first kappa shape index (κ1) is 16.6. The molecular weight excluding hydrogens is 240 g/mol. The van der Waals surface area contributed by atoms with Crippen molar-refractivity contribution in [3.8, 4) is 0 Å². The number of carboxylic acids is 1. The van der Waals surface area contributed by atoms with Gasteiger partial charge in [-0.05, 0) is 26.2 Å². The fourth-order valence-electron chi connectivity index (χ4n) is 1.47. The summed E-state index contributed by atoms with van der Waals surface area (Å²) in [5, 5.41) is 8.69. The van der Waals surface area contributed by atoms with Gasteiger partial charge in [-0.25, -0.2) is 4.79 Å². The zero-order valence-corrected chi connectivity index (χ0v) is 11.0. The van der Waals surface area contributed by atoms with Gasteiger partial charge in [-0.3, -0.25) is 4.79 Å². The Labute approximate surface area is 106 Å². The number of esters is 1. The zero-order chi connectivity index (χ0) is 14.1. The number of aliphatic carboxylic acids is 1. The smallest absolute Gasteiger partial charge is 0.334 e. The van der Waals surface area contributed by atoms with Gasteiger partial charge < -0.3 is 19.4 Å². The summed E-state index contributed by atoms with van der Waals surface area (Å²) in [4.78, 5) is 32.8. The molecule has 6 nitrogen and oxygen atoms in total. The highest BCUT2D eigenvalue weighted by Gasteiger charge is 2.18. The molecular formula is C12H20O6. The lowest BCUT2D eigenvalue weighted by atomic mass is 9.96. The third-order valence-corrected chi connectivity index (χ3v) is 2.50. The number of carbonyl (C=O) groups excluding carboxylic acids is 2. The van der Waals surface area contributed by atoms with Crippen molar-refractivity contribution in [2.24, 2.45) is 5.92 Å². The maximum absolute atomic E-state index is 11.3. The minimum absolute atomic E-state index is 0.0714. The predicted octanol–water partition coefficient (Wildman–Crippen LogP) is 1.02. The van der Waals surface area contributed by atoms with E-state index in [9.17, 15) is 14.4 Å². The number of rotatable bonds is 9. The van der Waals surface area contributed by atoms with E-state index in [1.165, 1.54) is 14.0 Å². The average Bonchev–Trinajstić information content (AvgIpc) is 2.25. The lowest BCUT2D eigenvalue weighted by molar-refractivity contribution is -0.154. The van der Waals surface area contributed by atoms with Crippen LogP contribution in [0, 0.1) is 5.92 Å². The van der Waals surface area contributed by atoms with Gasteiger partial charge in [-0.1, -0.05) is 0 Å². The molecule has 18 heavy (non-hydrogen) atoms. The highest BCUT2D eigenvalue weighted by molar-refractivity contribution is 5.77. The molecule has 0 aliphatic rings. The van der Waals surface area contributed by atoms with Gasteiger partial charge in [0.15, 0.2) is 6.10 Å². The van der Waals surface area contributed by atoms with Crippen LogP contribution in [0.25, 0.3) is 0 Å². The second-order valence-corrected chi connectivity index (χ2v) is 4.20. The molecule has 0 aromatic heterocycles. The van der Waals surface area contributed by atoms with Crippen molar-refractivity contribution in [2.45, 2.75) is 39.2 Å².